The molecule has 10 heteroatoms. The Morgan fingerprint density at radius 3 is 0.765 bits per heavy atom. The van der Waals surface area contributed by atoms with Gasteiger partial charge in [0.05, 0.1) is 0 Å². The number of halogens is 1. The van der Waals surface area contributed by atoms with E-state index in [1.54, 1.807) is 0 Å². The summed E-state index contributed by atoms with van der Waals surface area (Å²) in [6, 6.07) is 0. The van der Waals surface area contributed by atoms with Crippen molar-refractivity contribution in [1.29, 1.82) is 0 Å². The average Bonchev–Trinajstić information content (AvgIpc) is 2.42. The normalized spacial score (nSPS) is 13.9. The van der Waals surface area contributed by atoms with E-state index in [2.05, 4.69) is 0 Å². The average molecular weight is 508 g/mol. The van der Waals surface area contributed by atoms with Crippen LogP contribution < -0.4 is 0 Å². The van der Waals surface area contributed by atoms with Crippen LogP contribution in [0.15, 0.2) is 0 Å². The molecule has 0 saturated carbocycles. The van der Waals surface area contributed by atoms with Gasteiger partial charge in [-0.25, -0.2) is 0 Å². The van der Waals surface area contributed by atoms with E-state index in [0.29, 0.717) is 0 Å². The summed E-state index contributed by atoms with van der Waals surface area (Å²) in [6.07, 6.45) is 0. The Morgan fingerprint density at radius 1 is 0.529 bits per heavy atom. The van der Waals surface area contributed by atoms with E-state index >= 15 is 0 Å². The zero-order chi connectivity index (χ0) is 13.9. The second-order valence-electron chi connectivity index (χ2n) is 1.97. The van der Waals surface area contributed by atoms with Gasteiger partial charge in [0, 0.05) is 0 Å². The molecule has 0 radical (unpaired) electrons. The van der Waals surface area contributed by atoms with Crippen LogP contribution in [-0.2, 0) is 21.7 Å². The quantitative estimate of drug-likeness (QED) is 0.468. The molecule has 0 N–H and O–H groups in total. The number of hydrogen-bond acceptors (Lipinski definition) is 7. The number of hydrogen-bond donors (Lipinski definition) is 0. The minimum absolute atomic E-state index is 1.47. The van der Waals surface area contributed by atoms with Crippen molar-refractivity contribution < 1.29 is 21.7 Å². The summed E-state index contributed by atoms with van der Waals surface area (Å²) in [7, 11) is 16.1. The summed E-state index contributed by atoms with van der Waals surface area (Å²) in [6.45, 7) is 0. The van der Waals surface area contributed by atoms with Crippen LogP contribution in [0.4, 0.5) is 0 Å². The van der Waals surface area contributed by atoms with Gasteiger partial charge in [-0.05, 0) is 0 Å². The third-order valence-corrected chi connectivity index (χ3v) is 12.0. The van der Waals surface area contributed by atoms with E-state index in [9.17, 15) is 0 Å². The summed E-state index contributed by atoms with van der Waals surface area (Å²) < 4.78 is 33.9. The third-order valence-electron chi connectivity index (χ3n) is 1.41. The maximum absolute atomic E-state index is 5.62. The van der Waals surface area contributed by atoms with Gasteiger partial charge in [-0.2, -0.15) is 0 Å². The second kappa shape index (κ2) is 11.4. The predicted molar refractivity (Wildman–Crippen MR) is 66.4 cm³/mol. The topological polar surface area (TPSA) is 64.6 Å². The standard InChI is InChI=1S/C4H12O4Te.C3H9ClO3Te/c1-5-9(6-2,7-3)8-4;1-5-8(4,6-2)7-3/h1-4H3;1-3H3. The van der Waals surface area contributed by atoms with Gasteiger partial charge in [0.1, 0.15) is 0 Å². The molecule has 0 amide bonds. The molecule has 0 fully saturated rings. The predicted octanol–water partition coefficient (Wildman–Crippen LogP) is 0.608. The summed E-state index contributed by atoms with van der Waals surface area (Å²) in [5.74, 6) is 0. The van der Waals surface area contributed by atoms with Gasteiger partial charge in [0.15, 0.2) is 0 Å². The minimum atomic E-state index is -3.19. The Morgan fingerprint density at radius 2 is 0.765 bits per heavy atom. The fourth-order valence-electron chi connectivity index (χ4n) is 0.612. The molecule has 7 nitrogen and oxygen atoms in total. The van der Waals surface area contributed by atoms with Crippen molar-refractivity contribution in [1.82, 2.24) is 0 Å². The first-order valence-electron chi connectivity index (χ1n) is 4.18. The molecule has 0 rings (SSSR count). The first-order valence-corrected chi connectivity index (χ1v) is 13.8. The molecular weight excluding hydrogens is 487 g/mol. The van der Waals surface area contributed by atoms with E-state index in [1.807, 2.05) is 0 Å². The fraction of sp³-hybridized carbons (Fsp3) is 1.00. The Kier molecular flexibility index (Phi) is 14.0. The third kappa shape index (κ3) is 8.38. The van der Waals surface area contributed by atoms with Crippen LogP contribution in [-0.4, -0.2) is 87.9 Å². The molecule has 0 aliphatic rings. The zero-order valence-electron chi connectivity index (χ0n) is 11.1. The summed E-state index contributed by atoms with van der Waals surface area (Å²) in [5, 5.41) is 0. The van der Waals surface area contributed by atoms with Gasteiger partial charge < -0.3 is 0 Å². The molecule has 0 heterocycles. The van der Waals surface area contributed by atoms with E-state index in [-0.39, 0.29) is 0 Å². The van der Waals surface area contributed by atoms with Crippen molar-refractivity contribution in [2.75, 3.05) is 49.8 Å². The molecule has 0 spiro atoms. The molecule has 0 aromatic carbocycles. The van der Waals surface area contributed by atoms with Crippen LogP contribution in [0, 0.1) is 0 Å². The molecule has 0 aliphatic heterocycles. The first kappa shape index (κ1) is 20.9. The molecular formula is C7H21ClO7Te2. The van der Waals surface area contributed by atoms with Crippen LogP contribution >= 0.6 is 8.96 Å². The number of rotatable bonds is 7. The molecule has 110 valence electrons. The van der Waals surface area contributed by atoms with Crippen molar-refractivity contribution in [3.8, 4) is 0 Å². The molecule has 0 bridgehead atoms. The van der Waals surface area contributed by atoms with Crippen LogP contribution in [0.5, 0.6) is 0 Å². The van der Waals surface area contributed by atoms with Gasteiger partial charge in [0.25, 0.3) is 0 Å². The van der Waals surface area contributed by atoms with Gasteiger partial charge in [0.2, 0.25) is 0 Å². The Labute approximate surface area is 118 Å². The Bertz CT molecular complexity index is 152. The molecule has 0 aromatic heterocycles. The van der Waals surface area contributed by atoms with E-state index in [4.69, 9.17) is 30.7 Å². The van der Waals surface area contributed by atoms with Gasteiger partial charge in [-0.1, -0.05) is 0 Å². The van der Waals surface area contributed by atoms with Crippen molar-refractivity contribution >= 4 is 47.1 Å². The Balaban J connectivity index is 0. The maximum atomic E-state index is 5.62. The Hall–Kier alpha value is 1.59. The zero-order valence-corrected chi connectivity index (χ0v) is 16.5. The first-order chi connectivity index (χ1) is 7.92. The van der Waals surface area contributed by atoms with Gasteiger partial charge in [-0.15, -0.1) is 0 Å². The van der Waals surface area contributed by atoms with Crippen molar-refractivity contribution in [2.45, 2.75) is 0 Å². The summed E-state index contributed by atoms with van der Waals surface area (Å²) in [5.41, 5.74) is 0. The van der Waals surface area contributed by atoms with Crippen molar-refractivity contribution in [2.24, 2.45) is 0 Å². The molecule has 0 saturated heterocycles. The summed E-state index contributed by atoms with van der Waals surface area (Å²) in [4.78, 5) is 0. The van der Waals surface area contributed by atoms with E-state index in [0.717, 1.165) is 0 Å². The summed E-state index contributed by atoms with van der Waals surface area (Å²) >= 11 is -6.37. The van der Waals surface area contributed by atoms with E-state index < -0.39 is 38.1 Å². The monoisotopic (exact) mass is 512 g/mol. The van der Waals surface area contributed by atoms with Crippen LogP contribution in [0.25, 0.3) is 0 Å². The fourth-order valence-corrected chi connectivity index (χ4v) is 4.11. The van der Waals surface area contributed by atoms with Crippen LogP contribution in [0.3, 0.4) is 0 Å². The molecule has 17 heavy (non-hydrogen) atoms. The van der Waals surface area contributed by atoms with Crippen molar-refractivity contribution in [3.63, 3.8) is 0 Å². The molecule has 0 unspecified atom stereocenters. The van der Waals surface area contributed by atoms with Crippen LogP contribution in [0.2, 0.25) is 0 Å². The van der Waals surface area contributed by atoms with Crippen LogP contribution in [0.1, 0.15) is 0 Å². The molecule has 0 aliphatic carbocycles. The van der Waals surface area contributed by atoms with Gasteiger partial charge >= 0.3 is 119 Å². The molecule has 0 aromatic rings. The van der Waals surface area contributed by atoms with E-state index in [1.165, 1.54) is 49.8 Å². The second-order valence-corrected chi connectivity index (χ2v) is 15.7. The SMILES string of the molecule is CO[Te](Cl)(OC)OC.CO[Te](OC)(OC)OC. The van der Waals surface area contributed by atoms with Gasteiger partial charge in [-0.3, -0.25) is 0 Å². The molecule has 0 atom stereocenters. The van der Waals surface area contributed by atoms with Crippen molar-refractivity contribution in [3.05, 3.63) is 0 Å².